The standard InChI is InChI=1S/C11H14N2.2C2H6/c1-8-7-9(2)13-11-6-4-3-5-10(11)12-8;2*1-2/h3-6,8,12H,7H2,1-2H3;2*1-2H3. The Balaban J connectivity index is 0.000000581. The van der Waals surface area contributed by atoms with Crippen LogP contribution in [0.2, 0.25) is 0 Å². The zero-order valence-electron chi connectivity index (χ0n) is 12.0. The van der Waals surface area contributed by atoms with Gasteiger partial charge in [0.1, 0.15) is 0 Å². The van der Waals surface area contributed by atoms with E-state index in [9.17, 15) is 0 Å². The third-order valence-corrected chi connectivity index (χ3v) is 2.22. The van der Waals surface area contributed by atoms with Gasteiger partial charge in [-0.3, -0.25) is 4.99 Å². The van der Waals surface area contributed by atoms with Gasteiger partial charge in [-0.1, -0.05) is 39.8 Å². The maximum atomic E-state index is 4.54. The van der Waals surface area contributed by atoms with E-state index in [-0.39, 0.29) is 0 Å². The van der Waals surface area contributed by atoms with Crippen LogP contribution in [-0.4, -0.2) is 11.8 Å². The Morgan fingerprint density at radius 2 is 1.71 bits per heavy atom. The van der Waals surface area contributed by atoms with Gasteiger partial charge in [-0.15, -0.1) is 0 Å². The Morgan fingerprint density at radius 3 is 2.35 bits per heavy atom. The summed E-state index contributed by atoms with van der Waals surface area (Å²) in [6.07, 6.45) is 1.02. The molecule has 2 rings (SSSR count). The second-order valence-electron chi connectivity index (χ2n) is 3.61. The number of nitrogens with one attached hydrogen (secondary N) is 1. The minimum atomic E-state index is 0.479. The molecule has 0 saturated carbocycles. The van der Waals surface area contributed by atoms with Gasteiger partial charge in [-0.05, 0) is 26.0 Å². The summed E-state index contributed by atoms with van der Waals surface area (Å²) in [4.78, 5) is 4.54. The number of aliphatic imine (C=N–C) groups is 1. The van der Waals surface area contributed by atoms with E-state index in [1.165, 1.54) is 5.71 Å². The zero-order chi connectivity index (χ0) is 13.3. The maximum absolute atomic E-state index is 4.54. The number of fused-ring (bicyclic) bond motifs is 1. The number of hydrogen-bond acceptors (Lipinski definition) is 2. The molecule has 0 amide bonds. The highest BCUT2D eigenvalue weighted by Crippen LogP contribution is 2.28. The SMILES string of the molecule is CC.CC.CC1=Nc2ccccc2NC(C)C1. The number of hydrogen-bond donors (Lipinski definition) is 1. The van der Waals surface area contributed by atoms with E-state index in [2.05, 4.69) is 30.2 Å². The molecule has 1 aromatic rings. The molecule has 0 radical (unpaired) electrons. The highest BCUT2D eigenvalue weighted by Gasteiger charge is 2.10. The zero-order valence-corrected chi connectivity index (χ0v) is 12.0. The molecule has 1 heterocycles. The molecule has 0 aliphatic carbocycles. The quantitative estimate of drug-likeness (QED) is 0.668. The number of anilines is 1. The molecule has 0 bridgehead atoms. The molecule has 0 saturated heterocycles. The van der Waals surface area contributed by atoms with Crippen molar-refractivity contribution in [1.29, 1.82) is 0 Å². The third kappa shape index (κ3) is 5.03. The lowest BCUT2D eigenvalue weighted by atomic mass is 10.2. The van der Waals surface area contributed by atoms with Crippen LogP contribution in [0.5, 0.6) is 0 Å². The first-order valence-corrected chi connectivity index (χ1v) is 6.65. The van der Waals surface area contributed by atoms with E-state index in [1.54, 1.807) is 0 Å². The van der Waals surface area contributed by atoms with Crippen molar-refractivity contribution in [2.75, 3.05) is 5.32 Å². The predicted octanol–water partition coefficient (Wildman–Crippen LogP) is 5.04. The van der Waals surface area contributed by atoms with Crippen molar-refractivity contribution in [3.05, 3.63) is 24.3 Å². The first kappa shape index (κ1) is 15.7. The Hall–Kier alpha value is -1.31. The van der Waals surface area contributed by atoms with Crippen LogP contribution in [0.4, 0.5) is 11.4 Å². The molecule has 1 N–H and O–H groups in total. The van der Waals surface area contributed by atoms with Crippen molar-refractivity contribution < 1.29 is 0 Å². The fraction of sp³-hybridized carbons (Fsp3) is 0.533. The first-order chi connectivity index (χ1) is 8.25. The third-order valence-electron chi connectivity index (χ3n) is 2.22. The van der Waals surface area contributed by atoms with Gasteiger partial charge in [0.15, 0.2) is 0 Å². The average molecular weight is 234 g/mol. The fourth-order valence-corrected chi connectivity index (χ4v) is 1.70. The number of benzene rings is 1. The van der Waals surface area contributed by atoms with Crippen LogP contribution in [0.25, 0.3) is 0 Å². The van der Waals surface area contributed by atoms with E-state index < -0.39 is 0 Å². The summed E-state index contributed by atoms with van der Waals surface area (Å²) in [6.45, 7) is 12.3. The van der Waals surface area contributed by atoms with Crippen molar-refractivity contribution in [3.63, 3.8) is 0 Å². The summed E-state index contributed by atoms with van der Waals surface area (Å²) in [6, 6.07) is 8.66. The Labute approximate surface area is 106 Å². The average Bonchev–Trinajstić information content (AvgIpc) is 2.50. The molecular weight excluding hydrogens is 208 g/mol. The molecule has 17 heavy (non-hydrogen) atoms. The highest BCUT2D eigenvalue weighted by atomic mass is 15.0. The maximum Gasteiger partial charge on any atom is 0.0860 e. The van der Waals surface area contributed by atoms with Gasteiger partial charge in [-0.25, -0.2) is 0 Å². The molecule has 1 aliphatic heterocycles. The van der Waals surface area contributed by atoms with Crippen molar-refractivity contribution in [1.82, 2.24) is 0 Å². The number of rotatable bonds is 0. The Kier molecular flexibility index (Phi) is 8.12. The lowest BCUT2D eigenvalue weighted by Crippen LogP contribution is -2.16. The lowest BCUT2D eigenvalue weighted by Gasteiger charge is -2.11. The van der Waals surface area contributed by atoms with E-state index in [0.717, 1.165) is 17.8 Å². The lowest BCUT2D eigenvalue weighted by molar-refractivity contribution is 0.841. The molecule has 1 unspecified atom stereocenters. The summed E-state index contributed by atoms with van der Waals surface area (Å²) in [5, 5.41) is 3.44. The molecule has 96 valence electrons. The normalized spacial score (nSPS) is 16.8. The van der Waals surface area contributed by atoms with Crippen LogP contribution in [0.1, 0.15) is 48.0 Å². The largest absolute Gasteiger partial charge is 0.380 e. The Bertz CT molecular complexity index is 343. The summed E-state index contributed by atoms with van der Waals surface area (Å²) in [5.41, 5.74) is 3.40. The van der Waals surface area contributed by atoms with E-state index >= 15 is 0 Å². The van der Waals surface area contributed by atoms with Crippen LogP contribution < -0.4 is 5.32 Å². The first-order valence-electron chi connectivity index (χ1n) is 6.65. The molecule has 0 aromatic heterocycles. The molecule has 1 aromatic carbocycles. The minimum absolute atomic E-state index is 0.479. The molecule has 2 heteroatoms. The molecule has 0 fully saturated rings. The monoisotopic (exact) mass is 234 g/mol. The second kappa shape index (κ2) is 8.80. The molecule has 0 spiro atoms. The molecule has 1 atom stereocenters. The van der Waals surface area contributed by atoms with Crippen molar-refractivity contribution in [2.45, 2.75) is 54.0 Å². The van der Waals surface area contributed by atoms with Crippen LogP contribution in [-0.2, 0) is 0 Å². The van der Waals surface area contributed by atoms with Gasteiger partial charge in [-0.2, -0.15) is 0 Å². The summed E-state index contributed by atoms with van der Waals surface area (Å²) in [5.74, 6) is 0. The molecular formula is C15H26N2. The van der Waals surface area contributed by atoms with E-state index in [1.807, 2.05) is 45.9 Å². The van der Waals surface area contributed by atoms with Crippen LogP contribution in [0, 0.1) is 0 Å². The van der Waals surface area contributed by atoms with Crippen molar-refractivity contribution in [2.24, 2.45) is 4.99 Å². The predicted molar refractivity (Wildman–Crippen MR) is 79.6 cm³/mol. The minimum Gasteiger partial charge on any atom is -0.380 e. The van der Waals surface area contributed by atoms with Gasteiger partial charge in [0.25, 0.3) is 0 Å². The summed E-state index contributed by atoms with van der Waals surface area (Å²) < 4.78 is 0. The number of nitrogens with zero attached hydrogens (tertiary/aromatic N) is 1. The highest BCUT2D eigenvalue weighted by molar-refractivity contribution is 5.88. The van der Waals surface area contributed by atoms with E-state index in [4.69, 9.17) is 0 Å². The molecule has 1 aliphatic rings. The van der Waals surface area contributed by atoms with Crippen molar-refractivity contribution >= 4 is 17.1 Å². The molecule has 2 nitrogen and oxygen atoms in total. The van der Waals surface area contributed by atoms with E-state index in [0.29, 0.717) is 6.04 Å². The Morgan fingerprint density at radius 1 is 1.12 bits per heavy atom. The van der Waals surface area contributed by atoms with Crippen molar-refractivity contribution in [3.8, 4) is 0 Å². The van der Waals surface area contributed by atoms with Gasteiger partial charge in [0.05, 0.1) is 11.4 Å². The van der Waals surface area contributed by atoms with Crippen LogP contribution in [0.15, 0.2) is 29.3 Å². The summed E-state index contributed by atoms with van der Waals surface area (Å²) >= 11 is 0. The topological polar surface area (TPSA) is 24.4 Å². The van der Waals surface area contributed by atoms with Gasteiger partial charge >= 0.3 is 0 Å². The fourth-order valence-electron chi connectivity index (χ4n) is 1.70. The second-order valence-corrected chi connectivity index (χ2v) is 3.61. The summed E-state index contributed by atoms with van der Waals surface area (Å²) in [7, 11) is 0. The number of para-hydroxylation sites is 2. The van der Waals surface area contributed by atoms with Crippen LogP contribution >= 0.6 is 0 Å². The van der Waals surface area contributed by atoms with Crippen LogP contribution in [0.3, 0.4) is 0 Å². The smallest absolute Gasteiger partial charge is 0.0860 e. The van der Waals surface area contributed by atoms with Gasteiger partial charge in [0.2, 0.25) is 0 Å². The van der Waals surface area contributed by atoms with Gasteiger partial charge in [0, 0.05) is 18.2 Å². The van der Waals surface area contributed by atoms with Gasteiger partial charge < -0.3 is 5.32 Å².